The van der Waals surface area contributed by atoms with Crippen LogP contribution in [-0.2, 0) is 67.2 Å². The van der Waals surface area contributed by atoms with Crippen molar-refractivity contribution in [3.63, 3.8) is 0 Å². The number of β-amino-alcohol motifs (C(OH)–C–C–N with tert-alkyl or cyclic N) is 1. The van der Waals surface area contributed by atoms with Gasteiger partial charge in [-0.05, 0) is 60.1 Å². The van der Waals surface area contributed by atoms with Crippen molar-refractivity contribution in [2.24, 2.45) is 11.1 Å². The zero-order valence-electron chi connectivity index (χ0n) is 52.1. The minimum absolute atomic E-state index is 0.00270. The van der Waals surface area contributed by atoms with E-state index in [0.717, 1.165) is 40.3 Å². The van der Waals surface area contributed by atoms with Crippen LogP contribution in [0.4, 0.5) is 17.6 Å². The van der Waals surface area contributed by atoms with E-state index in [-0.39, 0.29) is 108 Å². The van der Waals surface area contributed by atoms with E-state index in [9.17, 15) is 47.0 Å². The number of pyridine rings is 1. The molecule has 2 saturated heterocycles. The molecule has 0 saturated carbocycles. The fourth-order valence-electron chi connectivity index (χ4n) is 10.0. The number of aryl methyl sites for hydroxylation is 2. The Labute approximate surface area is 535 Å². The van der Waals surface area contributed by atoms with Crippen LogP contribution in [0.3, 0.4) is 0 Å². The van der Waals surface area contributed by atoms with E-state index < -0.39 is 71.6 Å². The van der Waals surface area contributed by atoms with Crippen molar-refractivity contribution in [3.8, 4) is 33.3 Å². The third-order valence-corrected chi connectivity index (χ3v) is 15.9. The molecule has 0 radical (unpaired) electrons. The molecule has 6 amide bonds. The van der Waals surface area contributed by atoms with Gasteiger partial charge in [-0.1, -0.05) is 57.2 Å². The number of carbonyl (C=O) groups excluding carboxylic acids is 6. The molecule has 0 unspecified atom stereocenters. The summed E-state index contributed by atoms with van der Waals surface area (Å²) in [6.07, 6.45) is -2.00. The quantitative estimate of drug-likeness (QED) is 0.0244. The number of aliphatic hydroxyl groups excluding tert-OH is 1. The van der Waals surface area contributed by atoms with Crippen molar-refractivity contribution < 1.29 is 84.6 Å². The number of thiazole rings is 1. The Morgan fingerprint density at radius 2 is 1.41 bits per heavy atom. The maximum atomic E-state index is 15.4. The van der Waals surface area contributed by atoms with Gasteiger partial charge in [0.25, 0.3) is 5.91 Å². The lowest BCUT2D eigenvalue weighted by molar-refractivity contribution is -0.274. The van der Waals surface area contributed by atoms with Gasteiger partial charge in [0.1, 0.15) is 29.5 Å². The number of hydrogen-bond donors (Lipinski definition) is 5. The van der Waals surface area contributed by atoms with E-state index in [0.29, 0.717) is 76.0 Å². The highest BCUT2D eigenvalue weighted by molar-refractivity contribution is 7.13. The molecule has 5 aromatic rings. The molecular weight excluding hydrogens is 1230 g/mol. The maximum Gasteiger partial charge on any atom is 0.573 e. The second-order valence-corrected chi connectivity index (χ2v) is 24.0. The molecule has 2 aromatic carbocycles. The first-order valence-corrected chi connectivity index (χ1v) is 31.3. The van der Waals surface area contributed by atoms with Gasteiger partial charge in [0, 0.05) is 76.4 Å². The number of aromatic nitrogens is 4. The average Bonchev–Trinajstić information content (AvgIpc) is 1.52. The number of primary amides is 1. The standard InChI is InChI=1S/C63H82F4N10O14S/c1-41-56(92-40-73-41)44-11-7-43(8-12-44)34-70-59(83)51-33-46(78)36-77(51)61(84)57(62(2,3)4)74-54(80)17-22-86-24-26-88-28-30-89-29-27-87-25-23-85-21-16-53(79)69-18-5-6-19-75-38-50(72-39-75)45-32-48(58(68)82)60(71-35-45)90-52-15-20-76(37-49(52)64)55(81)31-42-9-13-47(14-10-42)91-63(65,66)67/h7-14,32,35,38-40,46,49,51-52,57,78H,5-6,15-31,33-34,36-37H2,1-4H3,(H2,68,82)(H,69,79)(H,70,83)(H,74,80)/t46-,49-,51+,52-,57-/m1/s1. The predicted molar refractivity (Wildman–Crippen MR) is 329 cm³/mol. The normalized spacial score (nSPS) is 17.1. The highest BCUT2D eigenvalue weighted by Crippen LogP contribution is 2.31. The molecule has 0 spiro atoms. The summed E-state index contributed by atoms with van der Waals surface area (Å²) in [6.45, 7) is 11.3. The van der Waals surface area contributed by atoms with Gasteiger partial charge in [-0.2, -0.15) is 0 Å². The number of aliphatic hydroxyl groups is 1. The molecule has 5 heterocycles. The Morgan fingerprint density at radius 1 is 0.783 bits per heavy atom. The average molecular weight is 1310 g/mol. The number of benzene rings is 2. The number of alkyl halides is 4. The van der Waals surface area contributed by atoms with Crippen molar-refractivity contribution in [2.45, 2.75) is 123 Å². The van der Waals surface area contributed by atoms with E-state index in [2.05, 4.69) is 35.6 Å². The summed E-state index contributed by atoms with van der Waals surface area (Å²) in [6, 6.07) is 12.3. The number of hydrogen-bond acceptors (Lipinski definition) is 18. The summed E-state index contributed by atoms with van der Waals surface area (Å²) >= 11 is 1.56. The third kappa shape index (κ3) is 23.2. The smallest absolute Gasteiger partial charge is 0.471 e. The van der Waals surface area contributed by atoms with Gasteiger partial charge in [0.2, 0.25) is 35.4 Å². The van der Waals surface area contributed by atoms with E-state index >= 15 is 4.39 Å². The number of imidazole rings is 1. The summed E-state index contributed by atoms with van der Waals surface area (Å²) in [5.74, 6) is -3.23. The molecule has 2 aliphatic rings. The Morgan fingerprint density at radius 3 is 2.01 bits per heavy atom. The lowest BCUT2D eigenvalue weighted by Crippen LogP contribution is -2.57. The van der Waals surface area contributed by atoms with Gasteiger partial charge < -0.3 is 74.3 Å². The van der Waals surface area contributed by atoms with Gasteiger partial charge in [0.15, 0.2) is 6.17 Å². The highest BCUT2D eigenvalue weighted by atomic mass is 32.1. The number of unbranched alkanes of at least 4 members (excludes halogenated alkanes) is 1. The molecule has 502 valence electrons. The number of rotatable bonds is 36. The van der Waals surface area contributed by atoms with E-state index in [4.69, 9.17) is 34.2 Å². The van der Waals surface area contributed by atoms with Gasteiger partial charge in [-0.15, -0.1) is 24.5 Å². The second-order valence-electron chi connectivity index (χ2n) is 23.2. The van der Waals surface area contributed by atoms with Crippen molar-refractivity contribution >= 4 is 46.8 Å². The number of amides is 6. The number of nitrogens with one attached hydrogen (secondary N) is 3. The molecule has 0 aliphatic carbocycles. The van der Waals surface area contributed by atoms with Crippen LogP contribution in [0.15, 0.2) is 78.8 Å². The van der Waals surface area contributed by atoms with Crippen molar-refractivity contribution in [3.05, 3.63) is 101 Å². The molecule has 3 aromatic heterocycles. The zero-order valence-corrected chi connectivity index (χ0v) is 52.9. The lowest BCUT2D eigenvalue weighted by Gasteiger charge is -2.35. The minimum Gasteiger partial charge on any atom is -0.471 e. The number of likely N-dealkylation sites (tertiary alicyclic amines) is 2. The van der Waals surface area contributed by atoms with Gasteiger partial charge in [-0.25, -0.2) is 19.3 Å². The molecule has 2 fully saturated rings. The summed E-state index contributed by atoms with van der Waals surface area (Å²) in [4.78, 5) is 94.9. The second kappa shape index (κ2) is 35.4. The predicted octanol–water partition coefficient (Wildman–Crippen LogP) is 5.50. The molecule has 7 rings (SSSR count). The number of piperidine rings is 1. The van der Waals surface area contributed by atoms with Crippen LogP contribution < -0.4 is 31.2 Å². The summed E-state index contributed by atoms with van der Waals surface area (Å²) in [5, 5.41) is 19.2. The van der Waals surface area contributed by atoms with E-state index in [1.807, 2.05) is 56.5 Å². The molecule has 29 heteroatoms. The fraction of sp³-hybridized carbons (Fsp3) is 0.540. The molecular formula is C63H82F4N10O14S. The lowest BCUT2D eigenvalue weighted by atomic mass is 9.85. The Balaban J connectivity index is 0.657. The summed E-state index contributed by atoms with van der Waals surface area (Å²) in [5.41, 5.74) is 10.9. The fourth-order valence-corrected chi connectivity index (χ4v) is 10.8. The van der Waals surface area contributed by atoms with Crippen molar-refractivity contribution in [2.75, 3.05) is 92.2 Å². The number of nitrogens with two attached hydrogens (primary N) is 1. The van der Waals surface area contributed by atoms with Gasteiger partial charge >= 0.3 is 6.36 Å². The van der Waals surface area contributed by atoms with E-state index in [1.165, 1.54) is 34.2 Å². The molecule has 6 N–H and O–H groups in total. The summed E-state index contributed by atoms with van der Waals surface area (Å²) in [7, 11) is 0. The zero-order chi connectivity index (χ0) is 66.2. The first kappa shape index (κ1) is 71.8. The van der Waals surface area contributed by atoms with Crippen molar-refractivity contribution in [1.82, 2.24) is 45.3 Å². The third-order valence-electron chi connectivity index (χ3n) is 15.0. The molecule has 0 bridgehead atoms. The van der Waals surface area contributed by atoms with Crippen LogP contribution in [0.2, 0.25) is 0 Å². The monoisotopic (exact) mass is 1310 g/mol. The van der Waals surface area contributed by atoms with Gasteiger partial charge in [-0.3, -0.25) is 28.8 Å². The first-order valence-electron chi connectivity index (χ1n) is 30.5. The van der Waals surface area contributed by atoms with Crippen LogP contribution in [0.5, 0.6) is 11.6 Å². The molecule has 5 atom stereocenters. The maximum absolute atomic E-state index is 15.4. The topological polar surface area (TPSA) is 299 Å². The molecule has 2 aliphatic heterocycles. The first-order chi connectivity index (χ1) is 44.0. The largest absolute Gasteiger partial charge is 0.573 e. The van der Waals surface area contributed by atoms with Crippen LogP contribution >= 0.6 is 11.3 Å². The van der Waals surface area contributed by atoms with Crippen LogP contribution in [0.1, 0.15) is 86.5 Å². The Bertz CT molecular complexity index is 3190. The number of ether oxygens (including phenoxy) is 7. The van der Waals surface area contributed by atoms with Crippen molar-refractivity contribution in [1.29, 1.82) is 0 Å². The number of nitrogens with zero attached hydrogens (tertiary/aromatic N) is 6. The minimum atomic E-state index is -4.85. The molecule has 24 nitrogen and oxygen atoms in total. The van der Waals surface area contributed by atoms with E-state index in [1.54, 1.807) is 29.4 Å². The number of carbonyl (C=O) groups is 6. The molecule has 92 heavy (non-hydrogen) atoms. The van der Waals surface area contributed by atoms with Crippen LogP contribution in [-0.4, -0.2) is 199 Å². The van der Waals surface area contributed by atoms with Crippen LogP contribution in [0.25, 0.3) is 21.7 Å². The van der Waals surface area contributed by atoms with Gasteiger partial charge in [0.05, 0.1) is 113 Å². The summed E-state index contributed by atoms with van der Waals surface area (Å²) < 4.78 is 92.2. The van der Waals surface area contributed by atoms with Crippen LogP contribution in [0, 0.1) is 12.3 Å². The Kier molecular flexibility index (Phi) is 27.6. The Hall–Kier alpha value is -7.67. The highest BCUT2D eigenvalue weighted by Gasteiger charge is 2.44. The SMILES string of the molecule is Cc1ncsc1-c1ccc(CNC(=O)[C@@H]2C[C@@H](O)CN2C(=O)[C@@H](NC(=O)CCOCCOCCOCCOCCOCCC(=O)NCCCCn2cnc(-c3cnc(O[C@@H]4CCN(C(=O)Cc5ccc(OC(F)(F)F)cc5)C[C@H]4F)c(C(N)=O)c3)c2)C(C)(C)C)cc1. The number of halogens is 4.